The summed E-state index contributed by atoms with van der Waals surface area (Å²) in [5.74, 6) is -1.51. The summed E-state index contributed by atoms with van der Waals surface area (Å²) in [6.45, 7) is 3.61. The summed E-state index contributed by atoms with van der Waals surface area (Å²) < 4.78 is 4.70. The number of nitrogens with one attached hydrogen (secondary N) is 1. The number of aryl methyl sites for hydroxylation is 1. The summed E-state index contributed by atoms with van der Waals surface area (Å²) in [7, 11) is 0. The molecule has 1 aromatic heterocycles. The average molecular weight is 266 g/mol. The van der Waals surface area contributed by atoms with Crippen molar-refractivity contribution in [3.05, 3.63) is 34.5 Å². The molecule has 0 radical (unpaired) electrons. The number of ketones is 1. The molecule has 0 fully saturated rings. The molecular weight excluding hydrogens is 254 g/mol. The first-order valence-electron chi connectivity index (χ1n) is 5.54. The molecule has 4 nitrogen and oxygen atoms in total. The van der Waals surface area contributed by atoms with Gasteiger partial charge in [0.25, 0.3) is 5.78 Å². The van der Waals surface area contributed by atoms with Crippen molar-refractivity contribution in [1.29, 1.82) is 0 Å². The number of rotatable bonds is 3. The second kappa shape index (κ2) is 4.82. The van der Waals surface area contributed by atoms with Gasteiger partial charge in [-0.05, 0) is 31.5 Å². The second-order valence-corrected chi connectivity index (χ2v) is 4.30. The van der Waals surface area contributed by atoms with Crippen molar-refractivity contribution in [3.63, 3.8) is 0 Å². The molecule has 0 saturated heterocycles. The van der Waals surface area contributed by atoms with Crippen molar-refractivity contribution in [2.24, 2.45) is 0 Å². The van der Waals surface area contributed by atoms with Gasteiger partial charge in [-0.25, -0.2) is 4.79 Å². The summed E-state index contributed by atoms with van der Waals surface area (Å²) in [6.07, 6.45) is 0. The number of carbonyl (C=O) groups is 2. The van der Waals surface area contributed by atoms with E-state index in [0.29, 0.717) is 5.02 Å². The van der Waals surface area contributed by atoms with Crippen LogP contribution in [-0.4, -0.2) is 23.3 Å². The van der Waals surface area contributed by atoms with Crippen LogP contribution >= 0.6 is 11.6 Å². The largest absolute Gasteiger partial charge is 0.460 e. The number of carbonyl (C=O) groups excluding carboxylic acids is 2. The van der Waals surface area contributed by atoms with Crippen LogP contribution in [0.1, 0.15) is 23.0 Å². The van der Waals surface area contributed by atoms with E-state index < -0.39 is 11.8 Å². The van der Waals surface area contributed by atoms with E-state index in [4.69, 9.17) is 16.3 Å². The predicted octanol–water partition coefficient (Wildman–Crippen LogP) is 2.88. The lowest BCUT2D eigenvalue weighted by Gasteiger charge is -1.99. The fourth-order valence-electron chi connectivity index (χ4n) is 1.84. The van der Waals surface area contributed by atoms with Crippen LogP contribution in [0, 0.1) is 6.92 Å². The topological polar surface area (TPSA) is 59.2 Å². The Morgan fingerprint density at radius 2 is 2.11 bits per heavy atom. The van der Waals surface area contributed by atoms with Gasteiger partial charge in [-0.3, -0.25) is 4.79 Å². The third-order valence-electron chi connectivity index (χ3n) is 2.71. The van der Waals surface area contributed by atoms with Crippen LogP contribution in [0.5, 0.6) is 0 Å². The molecule has 0 spiro atoms. The first kappa shape index (κ1) is 12.6. The van der Waals surface area contributed by atoms with Crippen LogP contribution in [0.15, 0.2) is 18.2 Å². The number of hydrogen-bond donors (Lipinski definition) is 1. The highest BCUT2D eigenvalue weighted by atomic mass is 35.5. The zero-order valence-corrected chi connectivity index (χ0v) is 10.8. The Morgan fingerprint density at radius 1 is 1.39 bits per heavy atom. The smallest absolute Gasteiger partial charge is 0.381 e. The van der Waals surface area contributed by atoms with E-state index in [0.717, 1.165) is 16.5 Å². The van der Waals surface area contributed by atoms with Crippen LogP contribution in [-0.2, 0) is 9.53 Å². The third-order valence-corrected chi connectivity index (χ3v) is 2.94. The fraction of sp³-hybridized carbons (Fsp3) is 0.231. The van der Waals surface area contributed by atoms with Gasteiger partial charge in [0.05, 0.1) is 12.3 Å². The highest BCUT2D eigenvalue weighted by Crippen LogP contribution is 2.25. The molecule has 1 aromatic carbocycles. The quantitative estimate of drug-likeness (QED) is 0.527. The second-order valence-electron chi connectivity index (χ2n) is 3.86. The molecule has 2 rings (SSSR count). The summed E-state index contributed by atoms with van der Waals surface area (Å²) in [5, 5.41) is 1.44. The Balaban J connectivity index is 2.49. The van der Waals surface area contributed by atoms with E-state index in [9.17, 15) is 9.59 Å². The molecule has 0 aliphatic rings. The number of aromatic nitrogens is 1. The Labute approximate surface area is 109 Å². The summed E-state index contributed by atoms with van der Waals surface area (Å²) in [4.78, 5) is 26.2. The van der Waals surface area contributed by atoms with Crippen molar-refractivity contribution in [1.82, 2.24) is 4.98 Å². The maximum Gasteiger partial charge on any atom is 0.381 e. The van der Waals surface area contributed by atoms with Crippen molar-refractivity contribution in [2.45, 2.75) is 13.8 Å². The zero-order chi connectivity index (χ0) is 13.3. The standard InChI is InChI=1S/C13H12ClNO3/c1-3-18-13(17)12(16)11-7(2)9-5-4-8(14)6-10(9)15-11/h4-6,15H,3H2,1-2H3. The van der Waals surface area contributed by atoms with Crippen molar-refractivity contribution < 1.29 is 14.3 Å². The molecule has 1 N–H and O–H groups in total. The Bertz CT molecular complexity index is 630. The molecule has 5 heteroatoms. The van der Waals surface area contributed by atoms with Crippen molar-refractivity contribution in [2.75, 3.05) is 6.61 Å². The van der Waals surface area contributed by atoms with Gasteiger partial charge in [-0.1, -0.05) is 17.7 Å². The summed E-state index contributed by atoms with van der Waals surface area (Å²) in [6, 6.07) is 5.26. The first-order chi connectivity index (χ1) is 8.54. The van der Waals surface area contributed by atoms with Gasteiger partial charge in [0, 0.05) is 15.9 Å². The highest BCUT2D eigenvalue weighted by molar-refractivity contribution is 6.41. The molecule has 94 valence electrons. The van der Waals surface area contributed by atoms with Crippen LogP contribution in [0.3, 0.4) is 0 Å². The number of Topliss-reactive ketones (excluding diaryl/α,β-unsaturated/α-hetero) is 1. The molecule has 0 atom stereocenters. The SMILES string of the molecule is CCOC(=O)C(=O)c1[nH]c2cc(Cl)ccc2c1C. The number of halogens is 1. The minimum Gasteiger partial charge on any atom is -0.460 e. The van der Waals surface area contributed by atoms with Crippen LogP contribution in [0.2, 0.25) is 5.02 Å². The fourth-order valence-corrected chi connectivity index (χ4v) is 2.01. The van der Waals surface area contributed by atoms with E-state index in [1.54, 1.807) is 26.0 Å². The van der Waals surface area contributed by atoms with Gasteiger partial charge in [0.15, 0.2) is 0 Å². The van der Waals surface area contributed by atoms with Crippen molar-refractivity contribution in [3.8, 4) is 0 Å². The minimum absolute atomic E-state index is 0.176. The first-order valence-corrected chi connectivity index (χ1v) is 5.91. The number of esters is 1. The monoisotopic (exact) mass is 265 g/mol. The number of H-pyrrole nitrogens is 1. The molecular formula is C13H12ClNO3. The lowest BCUT2D eigenvalue weighted by molar-refractivity contribution is -0.137. The van der Waals surface area contributed by atoms with Gasteiger partial charge in [-0.2, -0.15) is 0 Å². The summed E-state index contributed by atoms with van der Waals surface area (Å²) in [5.41, 5.74) is 1.71. The Hall–Kier alpha value is -1.81. The molecule has 0 unspecified atom stereocenters. The number of benzene rings is 1. The van der Waals surface area contributed by atoms with Crippen LogP contribution in [0.4, 0.5) is 0 Å². The molecule has 2 aromatic rings. The lowest BCUT2D eigenvalue weighted by atomic mass is 10.1. The lowest BCUT2D eigenvalue weighted by Crippen LogP contribution is -2.18. The van der Waals surface area contributed by atoms with E-state index in [2.05, 4.69) is 4.98 Å². The summed E-state index contributed by atoms with van der Waals surface area (Å²) >= 11 is 5.88. The molecule has 18 heavy (non-hydrogen) atoms. The molecule has 0 bridgehead atoms. The number of ether oxygens (including phenoxy) is 1. The molecule has 1 heterocycles. The van der Waals surface area contributed by atoms with Gasteiger partial charge in [0.1, 0.15) is 0 Å². The van der Waals surface area contributed by atoms with Crippen LogP contribution < -0.4 is 0 Å². The van der Waals surface area contributed by atoms with Gasteiger partial charge >= 0.3 is 5.97 Å². The third kappa shape index (κ3) is 2.11. The number of aromatic amines is 1. The number of fused-ring (bicyclic) bond motifs is 1. The molecule has 0 aliphatic carbocycles. The van der Waals surface area contributed by atoms with E-state index in [1.165, 1.54) is 0 Å². The highest BCUT2D eigenvalue weighted by Gasteiger charge is 2.22. The molecule has 0 saturated carbocycles. The zero-order valence-electron chi connectivity index (χ0n) is 10.0. The van der Waals surface area contributed by atoms with E-state index in [-0.39, 0.29) is 12.3 Å². The molecule has 0 amide bonds. The van der Waals surface area contributed by atoms with E-state index >= 15 is 0 Å². The minimum atomic E-state index is -0.849. The molecule has 0 aliphatic heterocycles. The average Bonchev–Trinajstić information content (AvgIpc) is 2.65. The predicted molar refractivity (Wildman–Crippen MR) is 69.0 cm³/mol. The normalized spacial score (nSPS) is 10.6. The van der Waals surface area contributed by atoms with Gasteiger partial charge < -0.3 is 9.72 Å². The Morgan fingerprint density at radius 3 is 2.78 bits per heavy atom. The van der Waals surface area contributed by atoms with E-state index in [1.807, 2.05) is 6.07 Å². The van der Waals surface area contributed by atoms with Crippen LogP contribution in [0.25, 0.3) is 10.9 Å². The number of hydrogen-bond acceptors (Lipinski definition) is 3. The maximum absolute atomic E-state index is 11.9. The Kier molecular flexibility index (Phi) is 3.39. The van der Waals surface area contributed by atoms with Gasteiger partial charge in [-0.15, -0.1) is 0 Å². The van der Waals surface area contributed by atoms with Gasteiger partial charge in [0.2, 0.25) is 0 Å². The van der Waals surface area contributed by atoms with Crippen molar-refractivity contribution >= 4 is 34.3 Å². The maximum atomic E-state index is 11.9.